The Balaban J connectivity index is 2.18. The summed E-state index contributed by atoms with van der Waals surface area (Å²) in [6.07, 6.45) is 1.54. The van der Waals surface area contributed by atoms with Crippen molar-refractivity contribution in [2.75, 3.05) is 18.6 Å². The van der Waals surface area contributed by atoms with Crippen LogP contribution >= 0.6 is 0 Å². The number of halogens is 1. The quantitative estimate of drug-likeness (QED) is 0.595. The highest BCUT2D eigenvalue weighted by atomic mass is 19.1. The van der Waals surface area contributed by atoms with Gasteiger partial charge in [0.25, 0.3) is 0 Å². The van der Waals surface area contributed by atoms with Gasteiger partial charge in [0.05, 0.1) is 30.0 Å². The maximum atomic E-state index is 14.9. The molecule has 3 rings (SSSR count). The number of ether oxygens (including phenoxy) is 2. The van der Waals surface area contributed by atoms with Crippen LogP contribution in [0.4, 0.5) is 10.1 Å². The molecular weight excluding hydrogens is 365 g/mol. The summed E-state index contributed by atoms with van der Waals surface area (Å²) in [5.41, 5.74) is 0.458. The largest absolute Gasteiger partial charge is 0.481 e. The number of hydrogen-bond acceptors (Lipinski definition) is 6. The summed E-state index contributed by atoms with van der Waals surface area (Å²) in [6, 6.07) is 4.78. The van der Waals surface area contributed by atoms with Crippen LogP contribution in [0.3, 0.4) is 0 Å². The van der Waals surface area contributed by atoms with Crippen molar-refractivity contribution >= 4 is 17.6 Å². The lowest BCUT2D eigenvalue weighted by molar-refractivity contribution is -0.153. The molecule has 0 saturated heterocycles. The van der Waals surface area contributed by atoms with E-state index >= 15 is 0 Å². The molecule has 0 spiro atoms. The Kier molecular flexibility index (Phi) is 5.06. The van der Waals surface area contributed by atoms with Gasteiger partial charge in [0.2, 0.25) is 17.7 Å². The highest BCUT2D eigenvalue weighted by molar-refractivity contribution is 6.07. The van der Waals surface area contributed by atoms with Crippen molar-refractivity contribution in [3.05, 3.63) is 36.0 Å². The number of carbonyl (C=O) groups excluding carboxylic acids is 2. The molecule has 28 heavy (non-hydrogen) atoms. The van der Waals surface area contributed by atoms with Crippen molar-refractivity contribution in [1.82, 2.24) is 9.97 Å². The van der Waals surface area contributed by atoms with Gasteiger partial charge in [-0.3, -0.25) is 19.5 Å². The topological polar surface area (TPSA) is 81.6 Å². The monoisotopic (exact) mass is 387 g/mol. The van der Waals surface area contributed by atoms with Gasteiger partial charge in [-0.05, 0) is 33.8 Å². The number of fused-ring (bicyclic) bond motifs is 3. The number of anilines is 1. The molecule has 1 atom stereocenters. The Labute approximate surface area is 162 Å². The van der Waals surface area contributed by atoms with E-state index in [-0.39, 0.29) is 23.7 Å². The summed E-state index contributed by atoms with van der Waals surface area (Å²) in [7, 11) is 1.35. The lowest BCUT2D eigenvalue weighted by atomic mass is 9.98. The Morgan fingerprint density at radius 3 is 2.71 bits per heavy atom. The van der Waals surface area contributed by atoms with Crippen LogP contribution in [-0.2, 0) is 14.3 Å². The highest BCUT2D eigenvalue weighted by Crippen LogP contribution is 2.42. The minimum Gasteiger partial charge on any atom is -0.481 e. The Morgan fingerprint density at radius 1 is 1.36 bits per heavy atom. The second-order valence-corrected chi connectivity index (χ2v) is 7.52. The van der Waals surface area contributed by atoms with E-state index in [1.165, 1.54) is 18.1 Å². The molecule has 8 heteroatoms. The molecule has 1 amide bonds. The number of aromatic nitrogens is 2. The smallest absolute Gasteiger partial charge is 0.326 e. The van der Waals surface area contributed by atoms with Gasteiger partial charge in [-0.2, -0.15) is 9.37 Å². The highest BCUT2D eigenvalue weighted by Gasteiger charge is 2.36. The van der Waals surface area contributed by atoms with Gasteiger partial charge in [-0.1, -0.05) is 6.07 Å². The molecule has 1 aliphatic heterocycles. The number of carbonyl (C=O) groups is 2. The maximum Gasteiger partial charge on any atom is 0.326 e. The second-order valence-electron chi connectivity index (χ2n) is 7.52. The number of rotatable bonds is 3. The third-order valence-electron chi connectivity index (χ3n) is 4.29. The summed E-state index contributed by atoms with van der Waals surface area (Å²) in [6.45, 7) is 6.51. The van der Waals surface area contributed by atoms with Gasteiger partial charge in [0.15, 0.2) is 0 Å². The van der Waals surface area contributed by atoms with Gasteiger partial charge in [-0.25, -0.2) is 0 Å². The van der Waals surface area contributed by atoms with Gasteiger partial charge in [0, 0.05) is 17.8 Å². The fourth-order valence-electron chi connectivity index (χ4n) is 3.16. The summed E-state index contributed by atoms with van der Waals surface area (Å²) >= 11 is 0. The van der Waals surface area contributed by atoms with Crippen LogP contribution in [0.2, 0.25) is 0 Å². The molecule has 0 fully saturated rings. The normalized spacial score (nSPS) is 16.1. The molecule has 7 nitrogen and oxygen atoms in total. The summed E-state index contributed by atoms with van der Waals surface area (Å²) in [5.74, 6) is -2.49. The molecule has 0 unspecified atom stereocenters. The number of esters is 1. The third kappa shape index (κ3) is 3.67. The van der Waals surface area contributed by atoms with Crippen LogP contribution in [0.5, 0.6) is 5.88 Å². The van der Waals surface area contributed by atoms with E-state index < -0.39 is 29.3 Å². The molecule has 0 N–H and O–H groups in total. The fourth-order valence-corrected chi connectivity index (χ4v) is 3.16. The average Bonchev–Trinajstić information content (AvgIpc) is 2.70. The first-order valence-electron chi connectivity index (χ1n) is 8.85. The minimum absolute atomic E-state index is 0.00164. The predicted octanol–water partition coefficient (Wildman–Crippen LogP) is 3.08. The van der Waals surface area contributed by atoms with Crippen molar-refractivity contribution < 1.29 is 23.5 Å². The SMILES string of the molecule is COc1cc2c(c(F)n1)-c1cccnc1[C@H](C)C(=O)N2CC(=O)OC(C)(C)C. The molecule has 0 saturated carbocycles. The molecule has 2 aromatic rings. The minimum atomic E-state index is -0.806. The van der Waals surface area contributed by atoms with E-state index in [1.807, 2.05) is 0 Å². The van der Waals surface area contributed by atoms with E-state index in [2.05, 4.69) is 9.97 Å². The van der Waals surface area contributed by atoms with Crippen LogP contribution in [0.15, 0.2) is 24.4 Å². The number of nitrogens with zero attached hydrogens (tertiary/aromatic N) is 3. The fraction of sp³-hybridized carbons (Fsp3) is 0.400. The summed E-state index contributed by atoms with van der Waals surface area (Å²) in [5, 5.41) is 0. The molecule has 3 heterocycles. The van der Waals surface area contributed by atoms with E-state index in [4.69, 9.17) is 9.47 Å². The zero-order chi connectivity index (χ0) is 20.6. The number of hydrogen-bond donors (Lipinski definition) is 0. The second kappa shape index (κ2) is 7.18. The average molecular weight is 387 g/mol. The van der Waals surface area contributed by atoms with Crippen LogP contribution in [0, 0.1) is 5.95 Å². The number of amides is 1. The van der Waals surface area contributed by atoms with Crippen molar-refractivity contribution in [2.24, 2.45) is 0 Å². The van der Waals surface area contributed by atoms with Crippen molar-refractivity contribution in [1.29, 1.82) is 0 Å². The Hall–Kier alpha value is -3.03. The van der Waals surface area contributed by atoms with Crippen molar-refractivity contribution in [3.63, 3.8) is 0 Å². The van der Waals surface area contributed by atoms with Crippen LogP contribution < -0.4 is 9.64 Å². The molecule has 2 aromatic heterocycles. The number of pyridine rings is 2. The van der Waals surface area contributed by atoms with Crippen molar-refractivity contribution in [3.8, 4) is 17.0 Å². The first kappa shape index (κ1) is 19.7. The van der Waals surface area contributed by atoms with Crippen molar-refractivity contribution in [2.45, 2.75) is 39.2 Å². The molecule has 0 aromatic carbocycles. The first-order chi connectivity index (χ1) is 13.1. The number of methoxy groups -OCH3 is 1. The molecule has 148 valence electrons. The lowest BCUT2D eigenvalue weighted by Crippen LogP contribution is -2.40. The zero-order valence-electron chi connectivity index (χ0n) is 16.4. The predicted molar refractivity (Wildman–Crippen MR) is 101 cm³/mol. The maximum absolute atomic E-state index is 14.9. The molecular formula is C20H22FN3O4. The summed E-state index contributed by atoms with van der Waals surface area (Å²) in [4.78, 5) is 34.9. The van der Waals surface area contributed by atoms with Gasteiger partial charge in [0.1, 0.15) is 12.1 Å². The van der Waals surface area contributed by atoms with E-state index in [0.717, 1.165) is 0 Å². The van der Waals surface area contributed by atoms with Gasteiger partial charge >= 0.3 is 5.97 Å². The van der Waals surface area contributed by atoms with Crippen LogP contribution in [-0.4, -0.2) is 41.1 Å². The standard InChI is InChI=1S/C20H22FN3O4/c1-11-17-12(7-6-8-22-17)16-13(9-14(27-5)23-18(16)21)24(19(11)26)10-15(25)28-20(2,3)4/h6-9,11H,10H2,1-5H3/t11-/m0/s1. The van der Waals surface area contributed by atoms with Crippen LogP contribution in [0.1, 0.15) is 39.3 Å². The zero-order valence-corrected chi connectivity index (χ0v) is 16.4. The Bertz CT molecular complexity index is 940. The van der Waals surface area contributed by atoms with E-state index in [9.17, 15) is 14.0 Å². The van der Waals surface area contributed by atoms with E-state index in [1.54, 1.807) is 46.0 Å². The first-order valence-corrected chi connectivity index (χ1v) is 8.85. The Morgan fingerprint density at radius 2 is 2.07 bits per heavy atom. The van der Waals surface area contributed by atoms with E-state index in [0.29, 0.717) is 11.3 Å². The third-order valence-corrected chi connectivity index (χ3v) is 4.29. The van der Waals surface area contributed by atoms with Crippen LogP contribution in [0.25, 0.3) is 11.1 Å². The molecule has 0 aliphatic carbocycles. The molecule has 0 radical (unpaired) electrons. The van der Waals surface area contributed by atoms with Gasteiger partial charge in [-0.15, -0.1) is 0 Å². The molecule has 0 bridgehead atoms. The lowest BCUT2D eigenvalue weighted by Gasteiger charge is -2.26. The summed E-state index contributed by atoms with van der Waals surface area (Å²) < 4.78 is 25.4. The molecule has 1 aliphatic rings. The van der Waals surface area contributed by atoms with Gasteiger partial charge < -0.3 is 9.47 Å².